The first-order valence-corrected chi connectivity index (χ1v) is 7.79. The molecule has 7 heteroatoms. The average Bonchev–Trinajstić information content (AvgIpc) is 2.60. The summed E-state index contributed by atoms with van der Waals surface area (Å²) in [6.45, 7) is 4.72. The lowest BCUT2D eigenvalue weighted by Crippen LogP contribution is -2.39. The fourth-order valence-corrected chi connectivity index (χ4v) is 2.29. The van der Waals surface area contributed by atoms with Crippen LogP contribution >= 0.6 is 0 Å². The largest absolute Gasteiger partial charge is 0.379 e. The Bertz CT molecular complexity index is 513. The molecule has 0 aliphatic carbocycles. The van der Waals surface area contributed by atoms with Gasteiger partial charge in [-0.25, -0.2) is 0 Å². The molecule has 0 unspecified atom stereocenters. The van der Waals surface area contributed by atoms with Crippen LogP contribution in [0, 0.1) is 0 Å². The van der Waals surface area contributed by atoms with Crippen molar-refractivity contribution in [3.05, 3.63) is 35.4 Å². The molecule has 4 N–H and O–H groups in total. The molecule has 1 aromatic rings. The number of hydrogen-bond acceptors (Lipinski definition) is 5. The summed E-state index contributed by atoms with van der Waals surface area (Å²) < 4.78 is 5.34. The number of nitrogens with zero attached hydrogens (tertiary/aromatic N) is 1. The maximum absolute atomic E-state index is 11.6. The van der Waals surface area contributed by atoms with Gasteiger partial charge in [0.2, 0.25) is 11.8 Å². The van der Waals surface area contributed by atoms with Gasteiger partial charge in [-0.05, 0) is 11.1 Å². The molecule has 0 atom stereocenters. The minimum absolute atomic E-state index is 0.0504. The van der Waals surface area contributed by atoms with Crippen molar-refractivity contribution in [1.29, 1.82) is 0 Å². The molecule has 1 fully saturated rings. The third-order valence-electron chi connectivity index (χ3n) is 3.65. The molecule has 2 amide bonds. The van der Waals surface area contributed by atoms with Crippen LogP contribution in [0.5, 0.6) is 0 Å². The van der Waals surface area contributed by atoms with Crippen LogP contribution in [0.3, 0.4) is 0 Å². The van der Waals surface area contributed by atoms with E-state index < -0.39 is 0 Å². The summed E-state index contributed by atoms with van der Waals surface area (Å²) in [7, 11) is 0. The van der Waals surface area contributed by atoms with Crippen molar-refractivity contribution in [2.45, 2.75) is 13.1 Å². The van der Waals surface area contributed by atoms with E-state index in [4.69, 9.17) is 10.5 Å². The Morgan fingerprint density at radius 2 is 1.70 bits per heavy atom. The first kappa shape index (κ1) is 17.4. The van der Waals surface area contributed by atoms with Crippen molar-refractivity contribution in [2.75, 3.05) is 39.4 Å². The van der Waals surface area contributed by atoms with E-state index in [1.807, 2.05) is 12.1 Å². The van der Waals surface area contributed by atoms with Gasteiger partial charge in [-0.3, -0.25) is 14.5 Å². The smallest absolute Gasteiger partial charge is 0.239 e. The van der Waals surface area contributed by atoms with Crippen LogP contribution in [0.15, 0.2) is 24.3 Å². The molecule has 1 heterocycles. The molecule has 1 aromatic carbocycles. The van der Waals surface area contributed by atoms with E-state index in [0.717, 1.165) is 38.4 Å². The number of morpholine rings is 1. The average molecular weight is 320 g/mol. The van der Waals surface area contributed by atoms with E-state index in [1.165, 1.54) is 5.56 Å². The predicted molar refractivity (Wildman–Crippen MR) is 86.4 cm³/mol. The molecule has 1 saturated heterocycles. The van der Waals surface area contributed by atoms with Crippen LogP contribution in [0.4, 0.5) is 0 Å². The van der Waals surface area contributed by atoms with Gasteiger partial charge in [-0.1, -0.05) is 24.3 Å². The van der Waals surface area contributed by atoms with Crippen molar-refractivity contribution in [3.63, 3.8) is 0 Å². The van der Waals surface area contributed by atoms with Crippen molar-refractivity contribution in [2.24, 2.45) is 5.73 Å². The Hall–Kier alpha value is -1.96. The normalized spacial score (nSPS) is 15.2. The summed E-state index contributed by atoms with van der Waals surface area (Å²) in [6, 6.07) is 8.17. The lowest BCUT2D eigenvalue weighted by molar-refractivity contribution is -0.125. The molecule has 23 heavy (non-hydrogen) atoms. The standard InChI is InChI=1S/C16H24N4O3/c17-9-15(21)19-11-16(22)18-10-13-1-3-14(4-2-13)12-20-5-7-23-8-6-20/h1-4H,5-12,17H2,(H,18,22)(H,19,21). The predicted octanol–water partition coefficient (Wildman–Crippen LogP) is -0.790. The quantitative estimate of drug-likeness (QED) is 0.612. The van der Waals surface area contributed by atoms with Crippen LogP contribution in [0.2, 0.25) is 0 Å². The molecule has 0 spiro atoms. The van der Waals surface area contributed by atoms with Crippen LogP contribution in [0.1, 0.15) is 11.1 Å². The van der Waals surface area contributed by atoms with Crippen molar-refractivity contribution in [3.8, 4) is 0 Å². The van der Waals surface area contributed by atoms with Crippen LogP contribution < -0.4 is 16.4 Å². The van der Waals surface area contributed by atoms with Crippen molar-refractivity contribution < 1.29 is 14.3 Å². The molecular formula is C16H24N4O3. The van der Waals surface area contributed by atoms with Gasteiger partial charge >= 0.3 is 0 Å². The highest BCUT2D eigenvalue weighted by atomic mass is 16.5. The van der Waals surface area contributed by atoms with Crippen LogP contribution in [-0.2, 0) is 27.4 Å². The van der Waals surface area contributed by atoms with E-state index >= 15 is 0 Å². The Morgan fingerprint density at radius 3 is 2.35 bits per heavy atom. The summed E-state index contributed by atoms with van der Waals surface area (Å²) in [5.74, 6) is -0.572. The number of nitrogens with one attached hydrogen (secondary N) is 2. The number of nitrogens with two attached hydrogens (primary N) is 1. The van der Waals surface area contributed by atoms with Gasteiger partial charge in [-0.15, -0.1) is 0 Å². The number of hydrogen-bond donors (Lipinski definition) is 3. The van der Waals surface area contributed by atoms with Crippen molar-refractivity contribution >= 4 is 11.8 Å². The molecule has 0 aromatic heterocycles. The second-order valence-electron chi connectivity index (χ2n) is 5.46. The zero-order valence-corrected chi connectivity index (χ0v) is 13.2. The number of amides is 2. The highest BCUT2D eigenvalue weighted by Gasteiger charge is 2.10. The molecule has 1 aliphatic rings. The van der Waals surface area contributed by atoms with E-state index in [9.17, 15) is 9.59 Å². The molecule has 7 nitrogen and oxygen atoms in total. The molecule has 0 radical (unpaired) electrons. The topological polar surface area (TPSA) is 96.7 Å². The zero-order chi connectivity index (χ0) is 16.5. The van der Waals surface area contributed by atoms with E-state index in [1.54, 1.807) is 0 Å². The third-order valence-corrected chi connectivity index (χ3v) is 3.65. The Labute approximate surface area is 136 Å². The lowest BCUT2D eigenvalue weighted by Gasteiger charge is -2.26. The SMILES string of the molecule is NCC(=O)NCC(=O)NCc1ccc(CN2CCOCC2)cc1. The number of carbonyl (C=O) groups is 2. The van der Waals surface area contributed by atoms with Gasteiger partial charge in [0, 0.05) is 26.2 Å². The number of rotatable bonds is 7. The Kier molecular flexibility index (Phi) is 6.99. The van der Waals surface area contributed by atoms with Gasteiger partial charge < -0.3 is 21.1 Å². The lowest BCUT2D eigenvalue weighted by atomic mass is 10.1. The van der Waals surface area contributed by atoms with Gasteiger partial charge in [0.25, 0.3) is 0 Å². The summed E-state index contributed by atoms with van der Waals surface area (Å²) in [5.41, 5.74) is 7.42. The molecule has 1 aliphatic heterocycles. The molecule has 2 rings (SSSR count). The second kappa shape index (κ2) is 9.24. The van der Waals surface area contributed by atoms with Crippen LogP contribution in [0.25, 0.3) is 0 Å². The van der Waals surface area contributed by atoms with E-state index in [-0.39, 0.29) is 24.9 Å². The number of ether oxygens (including phenoxy) is 1. The fourth-order valence-electron chi connectivity index (χ4n) is 2.29. The molecule has 0 saturated carbocycles. The van der Waals surface area contributed by atoms with Gasteiger partial charge in [-0.2, -0.15) is 0 Å². The number of benzene rings is 1. The molecule has 0 bridgehead atoms. The number of carbonyl (C=O) groups excluding carboxylic acids is 2. The summed E-state index contributed by atoms with van der Waals surface area (Å²) in [5, 5.41) is 5.19. The molecule has 126 valence electrons. The fraction of sp³-hybridized carbons (Fsp3) is 0.500. The summed E-state index contributed by atoms with van der Waals surface area (Å²) in [6.07, 6.45) is 0. The third kappa shape index (κ3) is 6.35. The van der Waals surface area contributed by atoms with Crippen LogP contribution in [-0.4, -0.2) is 56.1 Å². The monoisotopic (exact) mass is 320 g/mol. The van der Waals surface area contributed by atoms with Crippen molar-refractivity contribution in [1.82, 2.24) is 15.5 Å². The van der Waals surface area contributed by atoms with E-state index in [0.29, 0.717) is 6.54 Å². The van der Waals surface area contributed by atoms with Gasteiger partial charge in [0.1, 0.15) is 0 Å². The maximum Gasteiger partial charge on any atom is 0.239 e. The first-order chi connectivity index (χ1) is 11.2. The minimum atomic E-state index is -0.340. The maximum atomic E-state index is 11.6. The minimum Gasteiger partial charge on any atom is -0.379 e. The summed E-state index contributed by atoms with van der Waals surface area (Å²) >= 11 is 0. The second-order valence-corrected chi connectivity index (χ2v) is 5.46. The Balaban J connectivity index is 1.71. The van der Waals surface area contributed by atoms with Gasteiger partial charge in [0.15, 0.2) is 0 Å². The first-order valence-electron chi connectivity index (χ1n) is 7.79. The van der Waals surface area contributed by atoms with E-state index in [2.05, 4.69) is 27.7 Å². The highest BCUT2D eigenvalue weighted by molar-refractivity contribution is 5.85. The van der Waals surface area contributed by atoms with Gasteiger partial charge in [0.05, 0.1) is 26.3 Å². The summed E-state index contributed by atoms with van der Waals surface area (Å²) in [4.78, 5) is 24.9. The Morgan fingerprint density at radius 1 is 1.04 bits per heavy atom. The zero-order valence-electron chi connectivity index (χ0n) is 13.2. The highest BCUT2D eigenvalue weighted by Crippen LogP contribution is 2.09. The molecular weight excluding hydrogens is 296 g/mol.